The van der Waals surface area contributed by atoms with E-state index in [1.807, 2.05) is 28.9 Å². The Morgan fingerprint density at radius 3 is 2.75 bits per heavy atom. The highest BCUT2D eigenvalue weighted by Crippen LogP contribution is 2.22. The molecule has 1 aromatic heterocycles. The summed E-state index contributed by atoms with van der Waals surface area (Å²) in [5.74, 6) is 1.84. The Kier molecular flexibility index (Phi) is 3.46. The zero-order valence-electron chi connectivity index (χ0n) is 9.13. The standard InChI is InChI=1S/C11H14N4S/c1-2-15-11(13-8-14-15)7-16-10-5-3-9(12)4-6-10/h3-6,8H,2,7,12H2,1H3. The van der Waals surface area contributed by atoms with E-state index in [4.69, 9.17) is 5.73 Å². The summed E-state index contributed by atoms with van der Waals surface area (Å²) in [7, 11) is 0. The number of nitrogens with zero attached hydrogens (tertiary/aromatic N) is 3. The van der Waals surface area contributed by atoms with Crippen LogP contribution in [-0.4, -0.2) is 14.8 Å². The molecule has 84 valence electrons. The predicted octanol–water partition coefficient (Wildman–Crippen LogP) is 2.17. The molecule has 16 heavy (non-hydrogen) atoms. The Hall–Kier alpha value is -1.49. The number of hydrogen-bond acceptors (Lipinski definition) is 4. The number of aromatic nitrogens is 3. The van der Waals surface area contributed by atoms with Crippen LogP contribution in [0.4, 0.5) is 5.69 Å². The second-order valence-electron chi connectivity index (χ2n) is 3.35. The largest absolute Gasteiger partial charge is 0.399 e. The highest BCUT2D eigenvalue weighted by Gasteiger charge is 2.03. The van der Waals surface area contributed by atoms with Crippen molar-refractivity contribution in [3.8, 4) is 0 Å². The van der Waals surface area contributed by atoms with Gasteiger partial charge in [0.15, 0.2) is 0 Å². The Balaban J connectivity index is 1.99. The first-order valence-corrected chi connectivity index (χ1v) is 6.13. The monoisotopic (exact) mass is 234 g/mol. The smallest absolute Gasteiger partial charge is 0.138 e. The van der Waals surface area contributed by atoms with Crippen LogP contribution in [0.2, 0.25) is 0 Å². The third-order valence-corrected chi connectivity index (χ3v) is 3.25. The molecule has 0 amide bonds. The van der Waals surface area contributed by atoms with Crippen LogP contribution in [0, 0.1) is 0 Å². The zero-order chi connectivity index (χ0) is 11.4. The molecule has 0 fully saturated rings. The van der Waals surface area contributed by atoms with E-state index in [1.54, 1.807) is 18.1 Å². The molecule has 4 nitrogen and oxygen atoms in total. The molecule has 0 saturated heterocycles. The quantitative estimate of drug-likeness (QED) is 0.650. The van der Waals surface area contributed by atoms with Crippen LogP contribution in [0.25, 0.3) is 0 Å². The topological polar surface area (TPSA) is 56.7 Å². The lowest BCUT2D eigenvalue weighted by atomic mass is 10.3. The lowest BCUT2D eigenvalue weighted by Gasteiger charge is -2.03. The lowest BCUT2D eigenvalue weighted by Crippen LogP contribution is -2.01. The average Bonchev–Trinajstić information content (AvgIpc) is 2.76. The molecule has 0 spiro atoms. The fourth-order valence-electron chi connectivity index (χ4n) is 1.38. The van der Waals surface area contributed by atoms with Gasteiger partial charge in [-0.3, -0.25) is 0 Å². The Morgan fingerprint density at radius 2 is 2.06 bits per heavy atom. The molecule has 0 radical (unpaired) electrons. The van der Waals surface area contributed by atoms with Gasteiger partial charge in [0.1, 0.15) is 12.2 Å². The highest BCUT2D eigenvalue weighted by atomic mass is 32.2. The van der Waals surface area contributed by atoms with Gasteiger partial charge in [-0.25, -0.2) is 9.67 Å². The molecule has 2 rings (SSSR count). The third-order valence-electron chi connectivity index (χ3n) is 2.24. The van der Waals surface area contributed by atoms with Gasteiger partial charge >= 0.3 is 0 Å². The number of benzene rings is 1. The summed E-state index contributed by atoms with van der Waals surface area (Å²) in [5, 5.41) is 4.13. The van der Waals surface area contributed by atoms with Gasteiger partial charge in [0.2, 0.25) is 0 Å². The van der Waals surface area contributed by atoms with Crippen molar-refractivity contribution in [3.05, 3.63) is 36.4 Å². The number of hydrogen-bond donors (Lipinski definition) is 1. The molecule has 5 heteroatoms. The van der Waals surface area contributed by atoms with Crippen molar-refractivity contribution in [1.82, 2.24) is 14.8 Å². The van der Waals surface area contributed by atoms with Crippen molar-refractivity contribution in [2.45, 2.75) is 24.1 Å². The Morgan fingerprint density at radius 1 is 1.31 bits per heavy atom. The van der Waals surface area contributed by atoms with Gasteiger partial charge in [0.05, 0.1) is 5.75 Å². The maximum atomic E-state index is 5.63. The molecular formula is C11H14N4S. The van der Waals surface area contributed by atoms with E-state index in [0.29, 0.717) is 0 Å². The fourth-order valence-corrected chi connectivity index (χ4v) is 2.22. The van der Waals surface area contributed by atoms with Crippen molar-refractivity contribution in [1.29, 1.82) is 0 Å². The molecule has 0 aliphatic carbocycles. The first kappa shape index (κ1) is 11.0. The molecule has 1 aromatic carbocycles. The summed E-state index contributed by atoms with van der Waals surface area (Å²) in [4.78, 5) is 5.42. The molecular weight excluding hydrogens is 220 g/mol. The van der Waals surface area contributed by atoms with E-state index < -0.39 is 0 Å². The van der Waals surface area contributed by atoms with E-state index in [-0.39, 0.29) is 0 Å². The normalized spacial score (nSPS) is 10.6. The molecule has 0 aliphatic rings. The number of nitrogen functional groups attached to an aromatic ring is 1. The van der Waals surface area contributed by atoms with Crippen LogP contribution in [-0.2, 0) is 12.3 Å². The average molecular weight is 234 g/mol. The van der Waals surface area contributed by atoms with Gasteiger partial charge in [-0.2, -0.15) is 5.10 Å². The summed E-state index contributed by atoms with van der Waals surface area (Å²) in [6.45, 7) is 2.92. The number of anilines is 1. The van der Waals surface area contributed by atoms with Crippen LogP contribution in [0.5, 0.6) is 0 Å². The summed E-state index contributed by atoms with van der Waals surface area (Å²) in [6.07, 6.45) is 1.60. The van der Waals surface area contributed by atoms with Gasteiger partial charge in [-0.15, -0.1) is 11.8 Å². The van der Waals surface area contributed by atoms with Gasteiger partial charge < -0.3 is 5.73 Å². The molecule has 0 bridgehead atoms. The van der Waals surface area contributed by atoms with Crippen LogP contribution < -0.4 is 5.73 Å². The molecule has 1 heterocycles. The summed E-state index contributed by atoms with van der Waals surface area (Å²) in [5.41, 5.74) is 6.42. The first-order chi connectivity index (χ1) is 7.79. The number of thioether (sulfide) groups is 1. The molecule has 0 atom stereocenters. The summed E-state index contributed by atoms with van der Waals surface area (Å²) < 4.78 is 1.91. The molecule has 0 unspecified atom stereocenters. The maximum absolute atomic E-state index is 5.63. The molecule has 2 aromatic rings. The lowest BCUT2D eigenvalue weighted by molar-refractivity contribution is 0.632. The second-order valence-corrected chi connectivity index (χ2v) is 4.40. The van der Waals surface area contributed by atoms with Crippen molar-refractivity contribution >= 4 is 17.4 Å². The van der Waals surface area contributed by atoms with E-state index in [1.165, 1.54) is 4.90 Å². The second kappa shape index (κ2) is 5.03. The predicted molar refractivity (Wildman–Crippen MR) is 66.1 cm³/mol. The van der Waals surface area contributed by atoms with Gasteiger partial charge in [-0.1, -0.05) is 0 Å². The van der Waals surface area contributed by atoms with Crippen molar-refractivity contribution in [2.24, 2.45) is 0 Å². The summed E-state index contributed by atoms with van der Waals surface area (Å²) >= 11 is 1.74. The minimum Gasteiger partial charge on any atom is -0.399 e. The fraction of sp³-hybridized carbons (Fsp3) is 0.273. The molecule has 0 saturated carbocycles. The van der Waals surface area contributed by atoms with Crippen molar-refractivity contribution < 1.29 is 0 Å². The van der Waals surface area contributed by atoms with E-state index in [9.17, 15) is 0 Å². The van der Waals surface area contributed by atoms with Crippen LogP contribution in [0.15, 0.2) is 35.5 Å². The highest BCUT2D eigenvalue weighted by molar-refractivity contribution is 7.98. The van der Waals surface area contributed by atoms with Gasteiger partial charge in [0.25, 0.3) is 0 Å². The van der Waals surface area contributed by atoms with Crippen molar-refractivity contribution in [2.75, 3.05) is 5.73 Å². The van der Waals surface area contributed by atoms with E-state index >= 15 is 0 Å². The van der Waals surface area contributed by atoms with Gasteiger partial charge in [0, 0.05) is 17.1 Å². The van der Waals surface area contributed by atoms with Crippen LogP contribution in [0.3, 0.4) is 0 Å². The molecule has 2 N–H and O–H groups in total. The van der Waals surface area contributed by atoms with E-state index in [2.05, 4.69) is 17.0 Å². The van der Waals surface area contributed by atoms with Gasteiger partial charge in [-0.05, 0) is 31.2 Å². The van der Waals surface area contributed by atoms with E-state index in [0.717, 1.165) is 23.8 Å². The minimum atomic E-state index is 0.793. The Bertz CT molecular complexity index is 449. The third kappa shape index (κ3) is 2.55. The zero-order valence-corrected chi connectivity index (χ0v) is 9.94. The Labute approximate surface area is 98.9 Å². The van der Waals surface area contributed by atoms with Crippen molar-refractivity contribution in [3.63, 3.8) is 0 Å². The number of rotatable bonds is 4. The SMILES string of the molecule is CCn1ncnc1CSc1ccc(N)cc1. The maximum Gasteiger partial charge on any atom is 0.138 e. The first-order valence-electron chi connectivity index (χ1n) is 5.14. The summed E-state index contributed by atoms with van der Waals surface area (Å²) in [6, 6.07) is 7.86. The van der Waals surface area contributed by atoms with Crippen LogP contribution in [0.1, 0.15) is 12.7 Å². The van der Waals surface area contributed by atoms with Crippen LogP contribution >= 0.6 is 11.8 Å². The number of aryl methyl sites for hydroxylation is 1. The minimum absolute atomic E-state index is 0.793. The number of nitrogens with two attached hydrogens (primary N) is 1. The molecule has 0 aliphatic heterocycles.